The minimum Gasteiger partial charge on any atom is -0.378 e. The summed E-state index contributed by atoms with van der Waals surface area (Å²) in [6.45, 7) is 5.79. The van der Waals surface area contributed by atoms with E-state index in [0.29, 0.717) is 52.2 Å². The van der Waals surface area contributed by atoms with E-state index < -0.39 is 6.04 Å². The summed E-state index contributed by atoms with van der Waals surface area (Å²) in [6.07, 6.45) is 1.42. The van der Waals surface area contributed by atoms with Crippen molar-refractivity contribution in [3.63, 3.8) is 0 Å². The summed E-state index contributed by atoms with van der Waals surface area (Å²) in [7, 11) is 0. The molecule has 0 spiro atoms. The molecular weight excluding hydrogens is 354 g/mol. The first kappa shape index (κ1) is 20.7. The Morgan fingerprint density at radius 2 is 1.62 bits per heavy atom. The number of rotatable bonds is 3. The molecule has 1 unspecified atom stereocenters. The van der Waals surface area contributed by atoms with Crippen LogP contribution in [0.15, 0.2) is 24.3 Å². The van der Waals surface area contributed by atoms with Crippen LogP contribution in [0.2, 0.25) is 0 Å². The van der Waals surface area contributed by atoms with Crippen LogP contribution in [0.4, 0.5) is 0 Å². The van der Waals surface area contributed by atoms with Gasteiger partial charge >= 0.3 is 0 Å². The Hall–Kier alpha value is -1.63. The van der Waals surface area contributed by atoms with Gasteiger partial charge < -0.3 is 20.3 Å². The van der Waals surface area contributed by atoms with Gasteiger partial charge in [0.2, 0.25) is 11.8 Å². The number of nitrogens with two attached hydrogens (primary N) is 1. The lowest BCUT2D eigenvalue weighted by molar-refractivity contribution is -0.144. The standard InChI is InChI=1S/C19H27N3O3.ClH/c1-14-2-4-15(5-3-14)17(20)19(24)21-8-6-16(7-9-21)18(23)22-10-12-25-13-11-22;/h2-5,16-17H,6-13,20H2,1H3;1H. The van der Waals surface area contributed by atoms with Gasteiger partial charge in [0.1, 0.15) is 6.04 Å². The smallest absolute Gasteiger partial charge is 0.244 e. The maximum atomic E-state index is 12.7. The number of carbonyl (C=O) groups excluding carboxylic acids is 2. The van der Waals surface area contributed by atoms with Crippen LogP contribution >= 0.6 is 12.4 Å². The molecule has 0 aromatic heterocycles. The maximum absolute atomic E-state index is 12.7. The minimum absolute atomic E-state index is 0. The molecule has 2 N–H and O–H groups in total. The predicted molar refractivity (Wildman–Crippen MR) is 102 cm³/mol. The van der Waals surface area contributed by atoms with Gasteiger partial charge in [0.25, 0.3) is 0 Å². The summed E-state index contributed by atoms with van der Waals surface area (Å²) in [5, 5.41) is 0. The van der Waals surface area contributed by atoms with Crippen molar-refractivity contribution in [1.29, 1.82) is 0 Å². The largest absolute Gasteiger partial charge is 0.378 e. The number of nitrogens with zero attached hydrogens (tertiary/aromatic N) is 2. The average Bonchev–Trinajstić information content (AvgIpc) is 2.67. The highest BCUT2D eigenvalue weighted by molar-refractivity contribution is 5.85. The molecule has 0 saturated carbocycles. The lowest BCUT2D eigenvalue weighted by Gasteiger charge is -2.36. The molecule has 2 amide bonds. The van der Waals surface area contributed by atoms with Crippen LogP contribution in [0.25, 0.3) is 0 Å². The fraction of sp³-hybridized carbons (Fsp3) is 0.579. The fourth-order valence-electron chi connectivity index (χ4n) is 3.50. The molecule has 7 heteroatoms. The molecule has 1 aromatic rings. The highest BCUT2D eigenvalue weighted by Gasteiger charge is 2.32. The highest BCUT2D eigenvalue weighted by Crippen LogP contribution is 2.23. The Kier molecular flexibility index (Phi) is 7.43. The normalized spacial score (nSPS) is 19.6. The van der Waals surface area contributed by atoms with Crippen molar-refractivity contribution in [3.8, 4) is 0 Å². The third kappa shape index (κ3) is 4.75. The molecule has 2 fully saturated rings. The molecule has 2 saturated heterocycles. The van der Waals surface area contributed by atoms with E-state index in [1.807, 2.05) is 36.1 Å². The van der Waals surface area contributed by atoms with E-state index in [4.69, 9.17) is 10.5 Å². The molecule has 0 aliphatic carbocycles. The molecule has 26 heavy (non-hydrogen) atoms. The number of aryl methyl sites for hydroxylation is 1. The van der Waals surface area contributed by atoms with Crippen molar-refractivity contribution in [1.82, 2.24) is 9.80 Å². The van der Waals surface area contributed by atoms with Gasteiger partial charge in [0, 0.05) is 32.1 Å². The van der Waals surface area contributed by atoms with Crippen molar-refractivity contribution in [2.45, 2.75) is 25.8 Å². The van der Waals surface area contributed by atoms with Gasteiger partial charge in [0.05, 0.1) is 13.2 Å². The topological polar surface area (TPSA) is 75.9 Å². The fourth-order valence-corrected chi connectivity index (χ4v) is 3.50. The number of carbonyl (C=O) groups is 2. The summed E-state index contributed by atoms with van der Waals surface area (Å²) in [4.78, 5) is 28.9. The first-order valence-electron chi connectivity index (χ1n) is 9.03. The second-order valence-electron chi connectivity index (χ2n) is 6.93. The molecule has 2 heterocycles. The second kappa shape index (κ2) is 9.35. The van der Waals surface area contributed by atoms with E-state index in [9.17, 15) is 9.59 Å². The number of benzene rings is 1. The van der Waals surface area contributed by atoms with E-state index in [1.54, 1.807) is 4.90 Å². The summed E-state index contributed by atoms with van der Waals surface area (Å²) < 4.78 is 5.30. The van der Waals surface area contributed by atoms with Crippen molar-refractivity contribution < 1.29 is 14.3 Å². The SMILES string of the molecule is Cc1ccc(C(N)C(=O)N2CCC(C(=O)N3CCOCC3)CC2)cc1.Cl. The number of hydrogen-bond donors (Lipinski definition) is 1. The first-order chi connectivity index (χ1) is 12.1. The number of halogens is 1. The molecule has 3 rings (SSSR count). The number of ether oxygens (including phenoxy) is 1. The monoisotopic (exact) mass is 381 g/mol. The Labute approximate surface area is 161 Å². The number of hydrogen-bond acceptors (Lipinski definition) is 4. The lowest BCUT2D eigenvalue weighted by Crippen LogP contribution is -2.48. The van der Waals surface area contributed by atoms with Crippen LogP contribution in [0.5, 0.6) is 0 Å². The number of morpholine rings is 1. The van der Waals surface area contributed by atoms with E-state index in [0.717, 1.165) is 11.1 Å². The molecule has 2 aliphatic heterocycles. The summed E-state index contributed by atoms with van der Waals surface area (Å²) in [6, 6.07) is 7.12. The zero-order valence-electron chi connectivity index (χ0n) is 15.2. The second-order valence-corrected chi connectivity index (χ2v) is 6.93. The van der Waals surface area contributed by atoms with Crippen molar-refractivity contribution >= 4 is 24.2 Å². The van der Waals surface area contributed by atoms with Crippen molar-refractivity contribution in [2.75, 3.05) is 39.4 Å². The highest BCUT2D eigenvalue weighted by atomic mass is 35.5. The molecule has 144 valence electrons. The van der Waals surface area contributed by atoms with Crippen LogP contribution < -0.4 is 5.73 Å². The Morgan fingerprint density at radius 1 is 1.04 bits per heavy atom. The van der Waals surface area contributed by atoms with Gasteiger partial charge in [-0.15, -0.1) is 12.4 Å². The average molecular weight is 382 g/mol. The van der Waals surface area contributed by atoms with Gasteiger partial charge in [-0.2, -0.15) is 0 Å². The Balaban J connectivity index is 0.00000243. The summed E-state index contributed by atoms with van der Waals surface area (Å²) >= 11 is 0. The molecule has 6 nitrogen and oxygen atoms in total. The quantitative estimate of drug-likeness (QED) is 0.861. The van der Waals surface area contributed by atoms with Crippen LogP contribution in [0.1, 0.15) is 30.0 Å². The van der Waals surface area contributed by atoms with Gasteiger partial charge in [-0.1, -0.05) is 29.8 Å². The Morgan fingerprint density at radius 3 is 2.19 bits per heavy atom. The summed E-state index contributed by atoms with van der Waals surface area (Å²) in [5.41, 5.74) is 8.13. The molecule has 0 radical (unpaired) electrons. The van der Waals surface area contributed by atoms with Crippen LogP contribution in [0.3, 0.4) is 0 Å². The zero-order valence-corrected chi connectivity index (χ0v) is 16.0. The molecular formula is C19H28ClN3O3. The number of likely N-dealkylation sites (tertiary alicyclic amines) is 1. The third-order valence-electron chi connectivity index (χ3n) is 5.18. The maximum Gasteiger partial charge on any atom is 0.244 e. The summed E-state index contributed by atoms with van der Waals surface area (Å²) in [5.74, 6) is 0.164. The van der Waals surface area contributed by atoms with Crippen LogP contribution in [-0.2, 0) is 14.3 Å². The molecule has 2 aliphatic rings. The van der Waals surface area contributed by atoms with Gasteiger partial charge in [-0.05, 0) is 25.3 Å². The lowest BCUT2D eigenvalue weighted by atomic mass is 9.94. The first-order valence-corrected chi connectivity index (χ1v) is 9.03. The van der Waals surface area contributed by atoms with E-state index in [2.05, 4.69) is 0 Å². The van der Waals surface area contributed by atoms with Crippen LogP contribution in [0, 0.1) is 12.8 Å². The van der Waals surface area contributed by atoms with E-state index in [1.165, 1.54) is 0 Å². The van der Waals surface area contributed by atoms with Crippen molar-refractivity contribution in [3.05, 3.63) is 35.4 Å². The third-order valence-corrected chi connectivity index (χ3v) is 5.18. The van der Waals surface area contributed by atoms with E-state index in [-0.39, 0.29) is 30.1 Å². The van der Waals surface area contributed by atoms with Gasteiger partial charge in [0.15, 0.2) is 0 Å². The van der Waals surface area contributed by atoms with Gasteiger partial charge in [-0.25, -0.2) is 0 Å². The zero-order chi connectivity index (χ0) is 17.8. The predicted octanol–water partition coefficient (Wildman–Crippen LogP) is 1.51. The molecule has 1 aromatic carbocycles. The Bertz CT molecular complexity index is 609. The number of piperidine rings is 1. The molecule has 1 atom stereocenters. The number of amides is 2. The minimum atomic E-state index is -0.632. The van der Waals surface area contributed by atoms with Gasteiger partial charge in [-0.3, -0.25) is 9.59 Å². The van der Waals surface area contributed by atoms with Crippen molar-refractivity contribution in [2.24, 2.45) is 11.7 Å². The molecule has 0 bridgehead atoms. The van der Waals surface area contributed by atoms with E-state index >= 15 is 0 Å². The van der Waals surface area contributed by atoms with Crippen LogP contribution in [-0.4, -0.2) is 61.0 Å².